The van der Waals surface area contributed by atoms with E-state index in [-0.39, 0.29) is 16.6 Å². The third-order valence-electron chi connectivity index (χ3n) is 4.56. The molecule has 0 bridgehead atoms. The minimum Gasteiger partial charge on any atom is -0.451 e. The molecule has 0 fully saturated rings. The van der Waals surface area contributed by atoms with Crippen LogP contribution in [0.3, 0.4) is 0 Å². The second kappa shape index (κ2) is 9.54. The highest BCUT2D eigenvalue weighted by Gasteiger charge is 2.18. The third kappa shape index (κ3) is 5.24. The molecule has 3 rings (SSSR count). The molecule has 2 heterocycles. The summed E-state index contributed by atoms with van der Waals surface area (Å²) in [6, 6.07) is 13.1. The fourth-order valence-corrected chi connectivity index (χ4v) is 3.21. The molecule has 3 aromatic rings. The molecule has 8 heteroatoms. The van der Waals surface area contributed by atoms with Gasteiger partial charge in [-0.3, -0.25) is 4.79 Å². The third-order valence-corrected chi connectivity index (χ3v) is 4.87. The lowest BCUT2D eigenvalue weighted by Crippen LogP contribution is -2.30. The van der Waals surface area contributed by atoms with E-state index in [9.17, 15) is 9.59 Å². The van der Waals surface area contributed by atoms with Gasteiger partial charge in [0.05, 0.1) is 10.7 Å². The summed E-state index contributed by atoms with van der Waals surface area (Å²) < 4.78 is 6.71. The second-order valence-electron chi connectivity index (χ2n) is 6.94. The molecule has 0 spiro atoms. The Balaban J connectivity index is 1.56. The number of carbonyl (C=O) groups excluding carboxylic acids is 2. The Morgan fingerprint density at radius 3 is 2.60 bits per heavy atom. The number of nitrogens with zero attached hydrogens (tertiary/aromatic N) is 3. The standard InChI is InChI=1S/C22H23ClN4O3/c1-14-6-4-5-7-17(14)10-11-24-20(28)13-30-22(29)21-18(23)8-9-19(25-21)27-16(3)12-15(2)26-27/h4-9,12H,10-11,13H2,1-3H3,(H,24,28). The van der Waals surface area contributed by atoms with E-state index < -0.39 is 12.6 Å². The number of aryl methyl sites for hydroxylation is 3. The largest absolute Gasteiger partial charge is 0.451 e. The summed E-state index contributed by atoms with van der Waals surface area (Å²) in [5.74, 6) is -0.708. The molecular formula is C22H23ClN4O3. The number of hydrogen-bond donors (Lipinski definition) is 1. The molecule has 30 heavy (non-hydrogen) atoms. The Morgan fingerprint density at radius 1 is 1.13 bits per heavy atom. The molecule has 156 valence electrons. The molecule has 0 aliphatic carbocycles. The molecule has 1 aromatic carbocycles. The van der Waals surface area contributed by atoms with Crippen LogP contribution in [0, 0.1) is 20.8 Å². The van der Waals surface area contributed by atoms with Crippen molar-refractivity contribution in [2.45, 2.75) is 27.2 Å². The number of carbonyl (C=O) groups is 2. The molecular weight excluding hydrogens is 404 g/mol. The summed E-state index contributed by atoms with van der Waals surface area (Å²) in [6.45, 7) is 5.82. The molecule has 0 saturated heterocycles. The number of ether oxygens (including phenoxy) is 1. The summed E-state index contributed by atoms with van der Waals surface area (Å²) in [7, 11) is 0. The van der Waals surface area contributed by atoms with Crippen molar-refractivity contribution in [3.05, 3.63) is 75.7 Å². The molecule has 0 saturated carbocycles. The van der Waals surface area contributed by atoms with E-state index in [1.807, 2.05) is 51.1 Å². The number of halogens is 1. The molecule has 2 aromatic heterocycles. The lowest BCUT2D eigenvalue weighted by Gasteiger charge is -2.10. The van der Waals surface area contributed by atoms with E-state index in [0.717, 1.165) is 17.0 Å². The highest BCUT2D eigenvalue weighted by molar-refractivity contribution is 6.33. The van der Waals surface area contributed by atoms with Gasteiger partial charge in [0, 0.05) is 12.2 Å². The average molecular weight is 427 g/mol. The van der Waals surface area contributed by atoms with Gasteiger partial charge in [0.1, 0.15) is 0 Å². The number of nitrogens with one attached hydrogen (secondary N) is 1. The number of rotatable bonds is 7. The summed E-state index contributed by atoms with van der Waals surface area (Å²) >= 11 is 6.11. The molecule has 1 amide bonds. The lowest BCUT2D eigenvalue weighted by molar-refractivity contribution is -0.124. The molecule has 0 unspecified atom stereocenters. The maximum atomic E-state index is 12.4. The lowest BCUT2D eigenvalue weighted by atomic mass is 10.1. The van der Waals surface area contributed by atoms with E-state index in [4.69, 9.17) is 16.3 Å². The molecule has 1 N–H and O–H groups in total. The van der Waals surface area contributed by atoms with Crippen molar-refractivity contribution in [1.82, 2.24) is 20.1 Å². The number of hydrogen-bond acceptors (Lipinski definition) is 5. The van der Waals surface area contributed by atoms with Crippen LogP contribution in [0.1, 0.15) is 33.0 Å². The van der Waals surface area contributed by atoms with Crippen molar-refractivity contribution in [3.63, 3.8) is 0 Å². The van der Waals surface area contributed by atoms with Gasteiger partial charge in [-0.1, -0.05) is 35.9 Å². The van der Waals surface area contributed by atoms with Crippen LogP contribution in [0.4, 0.5) is 0 Å². The number of pyridine rings is 1. The molecule has 0 radical (unpaired) electrons. The molecule has 0 aliphatic rings. The smallest absolute Gasteiger partial charge is 0.359 e. The van der Waals surface area contributed by atoms with Crippen molar-refractivity contribution in [3.8, 4) is 5.82 Å². The van der Waals surface area contributed by atoms with Crippen LogP contribution >= 0.6 is 11.6 Å². The number of aromatic nitrogens is 3. The fourth-order valence-electron chi connectivity index (χ4n) is 3.03. The zero-order valence-electron chi connectivity index (χ0n) is 17.1. The second-order valence-corrected chi connectivity index (χ2v) is 7.35. The number of esters is 1. The van der Waals surface area contributed by atoms with Gasteiger partial charge in [-0.2, -0.15) is 5.10 Å². The number of benzene rings is 1. The van der Waals surface area contributed by atoms with E-state index in [1.54, 1.807) is 16.8 Å². The van der Waals surface area contributed by atoms with Gasteiger partial charge in [0.25, 0.3) is 5.91 Å². The predicted molar refractivity (Wildman–Crippen MR) is 114 cm³/mol. The maximum Gasteiger partial charge on any atom is 0.359 e. The van der Waals surface area contributed by atoms with Crippen LogP contribution in [-0.4, -0.2) is 39.8 Å². The van der Waals surface area contributed by atoms with Crippen LogP contribution in [0.5, 0.6) is 0 Å². The highest BCUT2D eigenvalue weighted by Crippen LogP contribution is 2.18. The Labute approximate surface area is 180 Å². The molecule has 0 atom stereocenters. The minimum absolute atomic E-state index is 0.0607. The first kappa shape index (κ1) is 21.5. The van der Waals surface area contributed by atoms with Crippen molar-refractivity contribution in [2.24, 2.45) is 0 Å². The molecule has 0 aliphatic heterocycles. The van der Waals surface area contributed by atoms with Crippen molar-refractivity contribution < 1.29 is 14.3 Å². The van der Waals surface area contributed by atoms with Crippen LogP contribution in [0.2, 0.25) is 5.02 Å². The van der Waals surface area contributed by atoms with E-state index in [1.165, 1.54) is 5.56 Å². The van der Waals surface area contributed by atoms with Gasteiger partial charge in [-0.25, -0.2) is 14.5 Å². The van der Waals surface area contributed by atoms with Gasteiger partial charge < -0.3 is 10.1 Å². The monoisotopic (exact) mass is 426 g/mol. The van der Waals surface area contributed by atoms with Gasteiger partial charge in [0.15, 0.2) is 18.1 Å². The van der Waals surface area contributed by atoms with E-state index in [0.29, 0.717) is 18.8 Å². The first-order valence-electron chi connectivity index (χ1n) is 9.53. The Kier molecular flexibility index (Phi) is 6.84. The average Bonchev–Trinajstić information content (AvgIpc) is 3.06. The van der Waals surface area contributed by atoms with Gasteiger partial charge in [-0.15, -0.1) is 0 Å². The van der Waals surface area contributed by atoms with Gasteiger partial charge >= 0.3 is 5.97 Å². The summed E-state index contributed by atoms with van der Waals surface area (Å²) in [6.07, 6.45) is 0.699. The van der Waals surface area contributed by atoms with Gasteiger partial charge in [0.2, 0.25) is 0 Å². The van der Waals surface area contributed by atoms with Crippen LogP contribution < -0.4 is 5.32 Å². The van der Waals surface area contributed by atoms with Gasteiger partial charge in [-0.05, 0) is 56.5 Å². The fraction of sp³-hybridized carbons (Fsp3) is 0.273. The van der Waals surface area contributed by atoms with E-state index >= 15 is 0 Å². The Morgan fingerprint density at radius 2 is 1.90 bits per heavy atom. The van der Waals surface area contributed by atoms with Crippen molar-refractivity contribution in [2.75, 3.05) is 13.2 Å². The normalized spacial score (nSPS) is 10.7. The topological polar surface area (TPSA) is 86.1 Å². The SMILES string of the molecule is Cc1cc(C)n(-c2ccc(Cl)c(C(=O)OCC(=O)NCCc3ccccc3C)n2)n1. The Hall–Kier alpha value is -3.19. The first-order valence-corrected chi connectivity index (χ1v) is 9.91. The van der Waals surface area contributed by atoms with Crippen LogP contribution in [0.15, 0.2) is 42.5 Å². The maximum absolute atomic E-state index is 12.4. The highest BCUT2D eigenvalue weighted by atomic mass is 35.5. The first-order chi connectivity index (χ1) is 14.3. The van der Waals surface area contributed by atoms with Crippen LogP contribution in [0.25, 0.3) is 5.82 Å². The Bertz CT molecular complexity index is 1080. The molecule has 7 nitrogen and oxygen atoms in total. The predicted octanol–water partition coefficient (Wildman–Crippen LogP) is 3.36. The zero-order valence-corrected chi connectivity index (χ0v) is 17.9. The van der Waals surface area contributed by atoms with Crippen molar-refractivity contribution in [1.29, 1.82) is 0 Å². The van der Waals surface area contributed by atoms with Crippen molar-refractivity contribution >= 4 is 23.5 Å². The quantitative estimate of drug-likeness (QED) is 0.585. The van der Waals surface area contributed by atoms with E-state index in [2.05, 4.69) is 15.4 Å². The number of amides is 1. The zero-order chi connectivity index (χ0) is 21.7. The summed E-state index contributed by atoms with van der Waals surface area (Å²) in [5, 5.41) is 7.23. The van der Waals surface area contributed by atoms with Crippen LogP contribution in [-0.2, 0) is 16.0 Å². The minimum atomic E-state index is -0.766. The summed E-state index contributed by atoms with van der Waals surface area (Å²) in [4.78, 5) is 28.7. The summed E-state index contributed by atoms with van der Waals surface area (Å²) in [5.41, 5.74) is 3.97.